The Kier molecular flexibility index (Phi) is 7.98. The maximum absolute atomic E-state index is 14.3. The van der Waals surface area contributed by atoms with Crippen molar-refractivity contribution in [3.05, 3.63) is 89.9 Å². The molecule has 0 aliphatic carbocycles. The van der Waals surface area contributed by atoms with Crippen molar-refractivity contribution in [1.29, 1.82) is 0 Å². The summed E-state index contributed by atoms with van der Waals surface area (Å²) in [5.74, 6) is 0.496. The van der Waals surface area contributed by atoms with Crippen molar-refractivity contribution in [1.82, 2.24) is 9.97 Å². The van der Waals surface area contributed by atoms with Crippen LogP contribution in [0.1, 0.15) is 30.9 Å². The van der Waals surface area contributed by atoms with Gasteiger partial charge in [-0.25, -0.2) is 14.8 Å². The van der Waals surface area contributed by atoms with Crippen molar-refractivity contribution >= 4 is 29.4 Å². The van der Waals surface area contributed by atoms with E-state index in [4.69, 9.17) is 4.74 Å². The van der Waals surface area contributed by atoms with Crippen LogP contribution in [0, 0.1) is 5.82 Å². The highest BCUT2D eigenvalue weighted by molar-refractivity contribution is 5.84. The number of nitrogens with zero attached hydrogens (tertiary/aromatic N) is 4. The van der Waals surface area contributed by atoms with Crippen LogP contribution in [0.25, 0.3) is 11.1 Å². The van der Waals surface area contributed by atoms with Gasteiger partial charge in [-0.05, 0) is 64.6 Å². The zero-order valence-corrected chi connectivity index (χ0v) is 21.9. The molecule has 1 aromatic heterocycles. The van der Waals surface area contributed by atoms with Gasteiger partial charge in [0.2, 0.25) is 5.95 Å². The molecule has 0 radical (unpaired) electrons. The van der Waals surface area contributed by atoms with E-state index in [0.29, 0.717) is 26.3 Å². The van der Waals surface area contributed by atoms with Gasteiger partial charge in [-0.3, -0.25) is 0 Å². The Balaban J connectivity index is 1.30. The van der Waals surface area contributed by atoms with Crippen LogP contribution in [0.5, 0.6) is 5.75 Å². The normalized spacial score (nSPS) is 13.7. The summed E-state index contributed by atoms with van der Waals surface area (Å²) in [5.41, 5.74) is 8.75. The van der Waals surface area contributed by atoms with Gasteiger partial charge >= 0.3 is 0 Å². The topological polar surface area (TPSA) is 94.9 Å². The first-order valence-electron chi connectivity index (χ1n) is 12.9. The fourth-order valence-corrected chi connectivity index (χ4v) is 4.47. The number of phenols is 1. The molecule has 2 heterocycles. The van der Waals surface area contributed by atoms with E-state index in [2.05, 4.69) is 51.8 Å². The van der Waals surface area contributed by atoms with E-state index in [-0.39, 0.29) is 23.4 Å². The van der Waals surface area contributed by atoms with E-state index in [1.54, 1.807) is 18.3 Å². The smallest absolute Gasteiger partial charge is 0.245 e. The van der Waals surface area contributed by atoms with Gasteiger partial charge in [-0.15, -0.1) is 0 Å². The molecule has 3 aromatic carbocycles. The standard InChI is InChI=1S/C30H31FN6O2/c1-20(2)27-17-25(34-24-7-3-5-21(15-24)22-6-4-8-26(38)16-22)10-9-23(27)18-33-36-30-32-19-28(31)29(35-30)37-11-13-39-14-12-37/h3-10,15-20,34,38H,11-14H2,1-2H3,(H,32,35,36)/b33-18+. The van der Waals surface area contributed by atoms with E-state index < -0.39 is 5.82 Å². The molecule has 0 unspecified atom stereocenters. The maximum Gasteiger partial charge on any atom is 0.245 e. The molecule has 0 saturated carbocycles. The highest BCUT2D eigenvalue weighted by atomic mass is 19.1. The lowest BCUT2D eigenvalue weighted by atomic mass is 9.97. The quantitative estimate of drug-likeness (QED) is 0.188. The lowest BCUT2D eigenvalue weighted by molar-refractivity contribution is 0.122. The molecule has 0 bridgehead atoms. The molecule has 1 fully saturated rings. The van der Waals surface area contributed by atoms with Crippen molar-refractivity contribution in [3.63, 3.8) is 0 Å². The number of aromatic nitrogens is 2. The Bertz CT molecular complexity index is 1470. The van der Waals surface area contributed by atoms with Crippen LogP contribution in [0.4, 0.5) is 27.5 Å². The lowest BCUT2D eigenvalue weighted by Crippen LogP contribution is -2.37. The zero-order chi connectivity index (χ0) is 27.2. The average molecular weight is 527 g/mol. The number of rotatable bonds is 8. The monoisotopic (exact) mass is 526 g/mol. The second-order valence-corrected chi connectivity index (χ2v) is 9.59. The fraction of sp³-hybridized carbons (Fsp3) is 0.233. The summed E-state index contributed by atoms with van der Waals surface area (Å²) in [6.45, 7) is 6.49. The van der Waals surface area contributed by atoms with Gasteiger partial charge < -0.3 is 20.1 Å². The van der Waals surface area contributed by atoms with Gasteiger partial charge in [-0.2, -0.15) is 10.1 Å². The summed E-state index contributed by atoms with van der Waals surface area (Å²) < 4.78 is 19.7. The third kappa shape index (κ3) is 6.50. The Morgan fingerprint density at radius 2 is 1.74 bits per heavy atom. The number of nitrogens with one attached hydrogen (secondary N) is 2. The number of halogens is 1. The number of benzene rings is 3. The van der Waals surface area contributed by atoms with E-state index in [9.17, 15) is 9.50 Å². The minimum absolute atomic E-state index is 0.227. The molecule has 4 aromatic rings. The van der Waals surface area contributed by atoms with Crippen molar-refractivity contribution in [3.8, 4) is 16.9 Å². The van der Waals surface area contributed by atoms with Crippen LogP contribution >= 0.6 is 0 Å². The van der Waals surface area contributed by atoms with Gasteiger partial charge in [0.25, 0.3) is 0 Å². The highest BCUT2D eigenvalue weighted by Gasteiger charge is 2.17. The summed E-state index contributed by atoms with van der Waals surface area (Å²) >= 11 is 0. The number of morpholine rings is 1. The molecule has 3 N–H and O–H groups in total. The molecule has 0 amide bonds. The molecule has 0 spiro atoms. The van der Waals surface area contributed by atoms with Crippen LogP contribution in [0.15, 0.2) is 78.0 Å². The largest absolute Gasteiger partial charge is 0.508 e. The minimum atomic E-state index is -0.468. The number of aromatic hydroxyl groups is 1. The lowest BCUT2D eigenvalue weighted by Gasteiger charge is -2.27. The fourth-order valence-electron chi connectivity index (χ4n) is 4.47. The Morgan fingerprint density at radius 3 is 2.51 bits per heavy atom. The van der Waals surface area contributed by atoms with Crippen LogP contribution in [0.2, 0.25) is 0 Å². The molecule has 1 aliphatic heterocycles. The second kappa shape index (κ2) is 11.9. The molecular weight excluding hydrogens is 495 g/mol. The highest BCUT2D eigenvalue weighted by Crippen LogP contribution is 2.29. The van der Waals surface area contributed by atoms with Crippen molar-refractivity contribution in [2.24, 2.45) is 5.10 Å². The molecule has 39 heavy (non-hydrogen) atoms. The number of phenolic OH excluding ortho intramolecular Hbond substituents is 1. The molecule has 8 nitrogen and oxygen atoms in total. The van der Waals surface area contributed by atoms with Crippen LogP contribution in [0.3, 0.4) is 0 Å². The number of hydrogen-bond donors (Lipinski definition) is 3. The minimum Gasteiger partial charge on any atom is -0.508 e. The summed E-state index contributed by atoms with van der Waals surface area (Å²) in [4.78, 5) is 10.2. The second-order valence-electron chi connectivity index (χ2n) is 9.59. The predicted octanol–water partition coefficient (Wildman–Crippen LogP) is 6.14. The number of hydrazone groups is 1. The van der Waals surface area contributed by atoms with Gasteiger partial charge in [0.1, 0.15) is 5.75 Å². The van der Waals surface area contributed by atoms with Crippen molar-refractivity contribution < 1.29 is 14.2 Å². The first-order chi connectivity index (χ1) is 19.0. The average Bonchev–Trinajstić information content (AvgIpc) is 2.95. The molecule has 1 saturated heterocycles. The zero-order valence-electron chi connectivity index (χ0n) is 21.9. The Hall–Kier alpha value is -4.50. The first-order valence-corrected chi connectivity index (χ1v) is 12.9. The van der Waals surface area contributed by atoms with Gasteiger partial charge in [-0.1, -0.05) is 44.2 Å². The third-order valence-electron chi connectivity index (χ3n) is 6.44. The summed E-state index contributed by atoms with van der Waals surface area (Å²) in [6, 6.07) is 21.4. The third-order valence-corrected chi connectivity index (χ3v) is 6.44. The molecular formula is C30H31FN6O2. The molecule has 9 heteroatoms. The van der Waals surface area contributed by atoms with Gasteiger partial charge in [0, 0.05) is 24.5 Å². The predicted molar refractivity (Wildman–Crippen MR) is 154 cm³/mol. The summed E-state index contributed by atoms with van der Waals surface area (Å²) in [6.07, 6.45) is 2.88. The van der Waals surface area contributed by atoms with E-state index in [1.807, 2.05) is 47.4 Å². The molecule has 0 atom stereocenters. The van der Waals surface area contributed by atoms with E-state index in [1.165, 1.54) is 0 Å². The van der Waals surface area contributed by atoms with Crippen LogP contribution < -0.4 is 15.6 Å². The van der Waals surface area contributed by atoms with Crippen molar-refractivity contribution in [2.75, 3.05) is 41.9 Å². The Morgan fingerprint density at radius 1 is 1.00 bits per heavy atom. The Labute approximate surface area is 227 Å². The van der Waals surface area contributed by atoms with Gasteiger partial charge in [0.15, 0.2) is 11.6 Å². The number of anilines is 4. The molecule has 5 rings (SSSR count). The van der Waals surface area contributed by atoms with Crippen molar-refractivity contribution in [2.45, 2.75) is 19.8 Å². The maximum atomic E-state index is 14.3. The summed E-state index contributed by atoms with van der Waals surface area (Å²) in [7, 11) is 0. The number of hydrogen-bond acceptors (Lipinski definition) is 8. The first kappa shape index (κ1) is 26.1. The van der Waals surface area contributed by atoms with Gasteiger partial charge in [0.05, 0.1) is 25.6 Å². The van der Waals surface area contributed by atoms with Crippen LogP contribution in [-0.2, 0) is 4.74 Å². The van der Waals surface area contributed by atoms with E-state index >= 15 is 0 Å². The molecule has 1 aliphatic rings. The van der Waals surface area contributed by atoms with E-state index in [0.717, 1.165) is 39.8 Å². The molecule has 200 valence electrons. The summed E-state index contributed by atoms with van der Waals surface area (Å²) in [5, 5.41) is 17.6. The number of ether oxygens (including phenoxy) is 1. The SMILES string of the molecule is CC(C)c1cc(Nc2cccc(-c3cccc(O)c3)c2)ccc1/C=N/Nc1ncc(F)c(N2CCOCC2)n1. The van der Waals surface area contributed by atoms with Crippen LogP contribution in [-0.4, -0.2) is 47.6 Å².